The van der Waals surface area contributed by atoms with Gasteiger partial charge in [0.2, 0.25) is 0 Å². The van der Waals surface area contributed by atoms with E-state index in [1.165, 1.54) is 26.0 Å². The lowest BCUT2D eigenvalue weighted by molar-refractivity contribution is -0.143. The third-order valence-corrected chi connectivity index (χ3v) is 7.88. The molecule has 7 heteroatoms. The van der Waals surface area contributed by atoms with Crippen molar-refractivity contribution in [3.8, 4) is 22.6 Å². The molecule has 4 rings (SSSR count). The van der Waals surface area contributed by atoms with Gasteiger partial charge in [-0.05, 0) is 66.8 Å². The molecule has 0 amide bonds. The van der Waals surface area contributed by atoms with Gasteiger partial charge in [0.15, 0.2) is 0 Å². The molecule has 0 aromatic heterocycles. The van der Waals surface area contributed by atoms with Crippen molar-refractivity contribution in [3.05, 3.63) is 77.6 Å². The highest BCUT2D eigenvalue weighted by Gasteiger charge is 2.19. The van der Waals surface area contributed by atoms with Gasteiger partial charge in [0, 0.05) is 27.7 Å². The van der Waals surface area contributed by atoms with Crippen molar-refractivity contribution in [2.24, 2.45) is 5.92 Å². The Morgan fingerprint density at radius 2 is 1.74 bits per heavy atom. The highest BCUT2D eigenvalue weighted by atomic mass is 32.2. The van der Waals surface area contributed by atoms with Crippen molar-refractivity contribution >= 4 is 16.8 Å². The van der Waals surface area contributed by atoms with Crippen LogP contribution in [0.5, 0.6) is 11.5 Å². The van der Waals surface area contributed by atoms with Gasteiger partial charge in [-0.1, -0.05) is 57.9 Å². The molecule has 3 aromatic carbocycles. The summed E-state index contributed by atoms with van der Waals surface area (Å²) in [7, 11) is 0.182. The Balaban J connectivity index is 0.000000960. The molecule has 0 spiro atoms. The number of benzene rings is 3. The van der Waals surface area contributed by atoms with Crippen molar-refractivity contribution < 1.29 is 27.6 Å². The second-order valence-electron chi connectivity index (χ2n) is 9.95. The van der Waals surface area contributed by atoms with E-state index in [4.69, 9.17) is 14.2 Å². The fourth-order valence-electron chi connectivity index (χ4n) is 3.74. The zero-order valence-corrected chi connectivity index (χ0v) is 24.3. The van der Waals surface area contributed by atoms with E-state index in [1.807, 2.05) is 50.2 Å². The first-order valence-corrected chi connectivity index (χ1v) is 14.7. The lowest BCUT2D eigenvalue weighted by Gasteiger charge is -2.16. The molecule has 0 saturated heterocycles. The second kappa shape index (κ2) is 14.8. The Hall–Kier alpha value is -3.19. The highest BCUT2D eigenvalue weighted by molar-refractivity contribution is 7.85. The fourth-order valence-corrected chi connectivity index (χ4v) is 4.91. The summed E-state index contributed by atoms with van der Waals surface area (Å²) in [4.78, 5) is 12.2. The summed E-state index contributed by atoms with van der Waals surface area (Å²) in [6.45, 7) is 8.42. The smallest absolute Gasteiger partial charge is 0.306 e. The molecule has 0 heterocycles. The number of hydrogen-bond acceptors (Lipinski definition) is 5. The maximum Gasteiger partial charge on any atom is 0.306 e. The van der Waals surface area contributed by atoms with Crippen LogP contribution in [0, 0.1) is 11.7 Å². The predicted octanol–water partition coefficient (Wildman–Crippen LogP) is 7.51. The molecule has 1 aliphatic rings. The third kappa shape index (κ3) is 9.50. The average molecular weight is 555 g/mol. The molecule has 0 bridgehead atoms. The number of hydrogen-bond donors (Lipinski definition) is 0. The Morgan fingerprint density at radius 3 is 2.38 bits per heavy atom. The molecule has 0 aliphatic heterocycles. The van der Waals surface area contributed by atoms with Crippen LogP contribution in [0.3, 0.4) is 0 Å². The first-order valence-electron chi connectivity index (χ1n) is 13.5. The molecule has 0 radical (unpaired) electrons. The van der Waals surface area contributed by atoms with E-state index >= 15 is 0 Å². The van der Waals surface area contributed by atoms with E-state index in [0.717, 1.165) is 17.0 Å². The minimum Gasteiger partial charge on any atom is -0.497 e. The van der Waals surface area contributed by atoms with Gasteiger partial charge < -0.3 is 14.2 Å². The van der Waals surface area contributed by atoms with Gasteiger partial charge in [0.25, 0.3) is 0 Å². The van der Waals surface area contributed by atoms with Crippen molar-refractivity contribution in [1.82, 2.24) is 0 Å². The molecule has 1 aliphatic carbocycles. The number of ether oxygens (including phenoxy) is 3. The number of carbonyl (C=O) groups is 1. The number of halogens is 1. The van der Waals surface area contributed by atoms with Crippen LogP contribution < -0.4 is 9.47 Å². The molecule has 1 atom stereocenters. The van der Waals surface area contributed by atoms with Crippen LogP contribution in [0.25, 0.3) is 11.1 Å². The van der Waals surface area contributed by atoms with Gasteiger partial charge in [-0.3, -0.25) is 9.00 Å². The summed E-state index contributed by atoms with van der Waals surface area (Å²) in [5, 5.41) is -0.144. The molecule has 39 heavy (non-hydrogen) atoms. The Bertz CT molecular complexity index is 1270. The van der Waals surface area contributed by atoms with Crippen LogP contribution in [0.4, 0.5) is 4.39 Å². The number of aryl methyl sites for hydroxylation is 1. The summed E-state index contributed by atoms with van der Waals surface area (Å²) >= 11 is 0. The van der Waals surface area contributed by atoms with E-state index in [2.05, 4.69) is 6.92 Å². The lowest BCUT2D eigenvalue weighted by atomic mass is 10.0. The summed E-state index contributed by atoms with van der Waals surface area (Å²) in [5.41, 5.74) is 2.70. The SMILES string of the molecule is CC1CC1.CCOC(=O)CCc1cccc(OCc2ccc(-c3cc(OC)ccc3F)c(S(=O)C(C)C)c2)c1. The van der Waals surface area contributed by atoms with Gasteiger partial charge in [-0.25, -0.2) is 4.39 Å². The largest absolute Gasteiger partial charge is 0.497 e. The van der Waals surface area contributed by atoms with Crippen molar-refractivity contribution in [1.29, 1.82) is 0 Å². The summed E-state index contributed by atoms with van der Waals surface area (Å²) in [6, 6.07) is 17.5. The predicted molar refractivity (Wildman–Crippen MR) is 154 cm³/mol. The molecule has 3 aromatic rings. The van der Waals surface area contributed by atoms with Gasteiger partial charge in [-0.15, -0.1) is 0 Å². The zero-order valence-electron chi connectivity index (χ0n) is 23.5. The summed E-state index contributed by atoms with van der Waals surface area (Å²) in [6.07, 6.45) is 3.85. The second-order valence-corrected chi connectivity index (χ2v) is 11.9. The van der Waals surface area contributed by atoms with Crippen molar-refractivity contribution in [2.75, 3.05) is 13.7 Å². The van der Waals surface area contributed by atoms with E-state index in [1.54, 1.807) is 25.1 Å². The number of carbonyl (C=O) groups excluding carboxylic acids is 1. The molecule has 1 unspecified atom stereocenters. The van der Waals surface area contributed by atoms with Crippen LogP contribution in [0.1, 0.15) is 58.1 Å². The lowest BCUT2D eigenvalue weighted by Crippen LogP contribution is -2.09. The van der Waals surface area contributed by atoms with E-state index in [-0.39, 0.29) is 17.8 Å². The molecule has 0 N–H and O–H groups in total. The van der Waals surface area contributed by atoms with Gasteiger partial charge in [0.1, 0.15) is 23.9 Å². The number of methoxy groups -OCH3 is 1. The van der Waals surface area contributed by atoms with Crippen molar-refractivity contribution in [3.63, 3.8) is 0 Å². The van der Waals surface area contributed by atoms with Gasteiger partial charge in [0.05, 0.1) is 24.5 Å². The van der Waals surface area contributed by atoms with Crippen LogP contribution in [-0.4, -0.2) is 29.1 Å². The van der Waals surface area contributed by atoms with Crippen LogP contribution >= 0.6 is 0 Å². The average Bonchev–Trinajstić information content (AvgIpc) is 3.73. The number of esters is 1. The molecule has 210 valence electrons. The monoisotopic (exact) mass is 554 g/mol. The Labute approximate surface area is 234 Å². The maximum atomic E-state index is 14.7. The van der Waals surface area contributed by atoms with E-state index < -0.39 is 16.6 Å². The third-order valence-electron chi connectivity index (χ3n) is 6.25. The van der Waals surface area contributed by atoms with Gasteiger partial charge in [-0.2, -0.15) is 0 Å². The van der Waals surface area contributed by atoms with E-state index in [9.17, 15) is 13.4 Å². The van der Waals surface area contributed by atoms with Gasteiger partial charge >= 0.3 is 5.97 Å². The van der Waals surface area contributed by atoms with Crippen molar-refractivity contribution in [2.45, 2.75) is 70.1 Å². The van der Waals surface area contributed by atoms with E-state index in [0.29, 0.717) is 47.0 Å². The molecular formula is C32H39FO5S. The molecule has 1 saturated carbocycles. The first kappa shape index (κ1) is 30.4. The van der Waals surface area contributed by atoms with Crippen LogP contribution in [0.15, 0.2) is 65.6 Å². The van der Waals surface area contributed by atoms with Crippen LogP contribution in [0.2, 0.25) is 0 Å². The quantitative estimate of drug-likeness (QED) is 0.230. The fraction of sp³-hybridized carbons (Fsp3) is 0.406. The standard InChI is InChI=1S/C28H31FO5S.C4H8/c1-5-33-28(30)14-10-20-7-6-8-23(15-20)34-18-21-9-12-24(27(16-21)35(31)19(2)3)25-17-22(32-4)11-13-26(25)29;1-4-2-3-4/h6-9,11-13,15-17,19H,5,10,14,18H2,1-4H3;4H,2-3H2,1H3. The first-order chi connectivity index (χ1) is 18.7. The summed E-state index contributed by atoms with van der Waals surface area (Å²) in [5.74, 6) is 1.65. The Kier molecular flexibility index (Phi) is 11.5. The number of rotatable bonds is 11. The highest BCUT2D eigenvalue weighted by Crippen LogP contribution is 2.33. The molecular weight excluding hydrogens is 515 g/mol. The maximum absolute atomic E-state index is 14.7. The van der Waals surface area contributed by atoms with Crippen LogP contribution in [-0.2, 0) is 33.4 Å². The summed E-state index contributed by atoms with van der Waals surface area (Å²) < 4.78 is 44.0. The minimum absolute atomic E-state index is 0.144. The Morgan fingerprint density at radius 1 is 1.00 bits per heavy atom. The zero-order chi connectivity index (χ0) is 28.4. The minimum atomic E-state index is -1.34. The topological polar surface area (TPSA) is 61.8 Å². The normalized spacial score (nSPS) is 13.3. The molecule has 1 fully saturated rings. The molecule has 5 nitrogen and oxygen atoms in total.